The maximum absolute atomic E-state index is 6.45. The van der Waals surface area contributed by atoms with Gasteiger partial charge in [-0.15, -0.1) is 0 Å². The van der Waals surface area contributed by atoms with Crippen LogP contribution in [-0.4, -0.2) is 31.1 Å². The molecule has 3 fully saturated rings. The van der Waals surface area contributed by atoms with Gasteiger partial charge in [-0.05, 0) is 68.2 Å². The van der Waals surface area contributed by atoms with Crippen molar-refractivity contribution in [1.29, 1.82) is 0 Å². The largest absolute Gasteiger partial charge is 0.327 e. The van der Waals surface area contributed by atoms with Crippen LogP contribution in [0.1, 0.15) is 52.4 Å². The first-order valence-corrected chi connectivity index (χ1v) is 8.40. The van der Waals surface area contributed by atoms with E-state index in [1.807, 2.05) is 0 Å². The molecule has 2 nitrogen and oxygen atoms in total. The van der Waals surface area contributed by atoms with E-state index in [2.05, 4.69) is 25.8 Å². The van der Waals surface area contributed by atoms with Crippen molar-refractivity contribution < 1.29 is 0 Å². The minimum Gasteiger partial charge on any atom is -0.327 e. The first kappa shape index (κ1) is 13.9. The molecule has 2 N–H and O–H groups in total. The molecule has 0 heterocycles. The molecule has 3 aliphatic rings. The zero-order chi connectivity index (χ0) is 13.6. The number of fused-ring (bicyclic) bond motifs is 2. The Morgan fingerprint density at radius 2 is 1.79 bits per heavy atom. The highest BCUT2D eigenvalue weighted by molar-refractivity contribution is 4.96. The summed E-state index contributed by atoms with van der Waals surface area (Å²) in [7, 11) is 2.32. The van der Waals surface area contributed by atoms with Gasteiger partial charge in [-0.25, -0.2) is 0 Å². The highest BCUT2D eigenvalue weighted by Crippen LogP contribution is 2.48. The molecule has 0 saturated heterocycles. The molecule has 0 aliphatic heterocycles. The number of nitrogens with two attached hydrogens (primary N) is 1. The van der Waals surface area contributed by atoms with Crippen LogP contribution in [0, 0.1) is 29.1 Å². The second-order valence-electron chi connectivity index (χ2n) is 8.47. The predicted molar refractivity (Wildman–Crippen MR) is 80.9 cm³/mol. The smallest absolute Gasteiger partial charge is 0.0131 e. The lowest BCUT2D eigenvalue weighted by Gasteiger charge is -2.32. The van der Waals surface area contributed by atoms with E-state index >= 15 is 0 Å². The lowest BCUT2D eigenvalue weighted by atomic mass is 9.85. The van der Waals surface area contributed by atoms with Crippen LogP contribution in [0.25, 0.3) is 0 Å². The molecule has 0 aromatic carbocycles. The van der Waals surface area contributed by atoms with Crippen LogP contribution in [0.5, 0.6) is 0 Å². The van der Waals surface area contributed by atoms with Crippen LogP contribution in [-0.2, 0) is 0 Å². The Kier molecular flexibility index (Phi) is 3.68. The van der Waals surface area contributed by atoms with E-state index in [9.17, 15) is 0 Å². The summed E-state index contributed by atoms with van der Waals surface area (Å²) in [6.07, 6.45) is 8.72. The quantitative estimate of drug-likeness (QED) is 0.845. The van der Waals surface area contributed by atoms with Crippen LogP contribution in [0.15, 0.2) is 0 Å². The summed E-state index contributed by atoms with van der Waals surface area (Å²) in [6.45, 7) is 7.23. The predicted octanol–water partition coefficient (Wildman–Crippen LogP) is 3.12. The standard InChI is InChI=1S/C17H32N2/c1-17(2)7-6-14(16(17)18)10-19(3)11-15-9-12-4-5-13(15)8-12/h12-16H,4-11,18H2,1-3H3. The molecule has 3 saturated carbocycles. The van der Waals surface area contributed by atoms with Crippen molar-refractivity contribution in [2.45, 2.75) is 58.4 Å². The maximum Gasteiger partial charge on any atom is 0.0131 e. The van der Waals surface area contributed by atoms with Gasteiger partial charge in [-0.1, -0.05) is 20.3 Å². The third-order valence-electron chi connectivity index (χ3n) is 6.55. The molecule has 0 spiro atoms. The zero-order valence-electron chi connectivity index (χ0n) is 13.1. The minimum atomic E-state index is 0.359. The molecule has 110 valence electrons. The van der Waals surface area contributed by atoms with E-state index in [4.69, 9.17) is 5.73 Å². The van der Waals surface area contributed by atoms with Crippen LogP contribution in [0.3, 0.4) is 0 Å². The molecule has 0 radical (unpaired) electrons. The molecular formula is C17H32N2. The summed E-state index contributed by atoms with van der Waals surface area (Å²) in [5.74, 6) is 3.85. The highest BCUT2D eigenvalue weighted by Gasteiger charge is 2.42. The summed E-state index contributed by atoms with van der Waals surface area (Å²) >= 11 is 0. The molecule has 3 aliphatic carbocycles. The van der Waals surface area contributed by atoms with E-state index < -0.39 is 0 Å². The molecule has 19 heavy (non-hydrogen) atoms. The third-order valence-corrected chi connectivity index (χ3v) is 6.55. The van der Waals surface area contributed by atoms with Gasteiger partial charge < -0.3 is 10.6 Å². The average molecular weight is 264 g/mol. The molecule has 0 aromatic rings. The monoisotopic (exact) mass is 264 g/mol. The fourth-order valence-electron chi connectivity index (χ4n) is 5.22. The third kappa shape index (κ3) is 2.71. The fourth-order valence-corrected chi connectivity index (χ4v) is 5.22. The molecule has 0 aromatic heterocycles. The molecule has 0 amide bonds. The molecule has 5 atom stereocenters. The van der Waals surface area contributed by atoms with Gasteiger partial charge in [-0.3, -0.25) is 0 Å². The second-order valence-corrected chi connectivity index (χ2v) is 8.47. The van der Waals surface area contributed by atoms with E-state index in [0.29, 0.717) is 11.5 Å². The lowest BCUT2D eigenvalue weighted by molar-refractivity contribution is 0.183. The van der Waals surface area contributed by atoms with Crippen molar-refractivity contribution in [1.82, 2.24) is 4.90 Å². The van der Waals surface area contributed by atoms with Crippen molar-refractivity contribution in [3.05, 3.63) is 0 Å². The Balaban J connectivity index is 1.48. The van der Waals surface area contributed by atoms with Gasteiger partial charge in [0, 0.05) is 19.1 Å². The number of hydrogen-bond acceptors (Lipinski definition) is 2. The zero-order valence-corrected chi connectivity index (χ0v) is 13.1. The summed E-state index contributed by atoms with van der Waals surface area (Å²) in [5.41, 5.74) is 6.81. The normalized spacial score (nSPS) is 44.4. The number of nitrogens with zero attached hydrogens (tertiary/aromatic N) is 1. The minimum absolute atomic E-state index is 0.359. The summed E-state index contributed by atoms with van der Waals surface area (Å²) in [4.78, 5) is 2.59. The van der Waals surface area contributed by atoms with Gasteiger partial charge in [0.1, 0.15) is 0 Å². The van der Waals surface area contributed by atoms with Gasteiger partial charge in [0.05, 0.1) is 0 Å². The summed E-state index contributed by atoms with van der Waals surface area (Å²) < 4.78 is 0. The van der Waals surface area contributed by atoms with Crippen molar-refractivity contribution in [2.75, 3.05) is 20.1 Å². The van der Waals surface area contributed by atoms with Crippen molar-refractivity contribution in [2.24, 2.45) is 34.8 Å². The maximum atomic E-state index is 6.45. The molecular weight excluding hydrogens is 232 g/mol. The summed E-state index contributed by atoms with van der Waals surface area (Å²) in [6, 6.07) is 0.398. The second kappa shape index (κ2) is 5.04. The molecule has 2 bridgehead atoms. The summed E-state index contributed by atoms with van der Waals surface area (Å²) in [5, 5.41) is 0. The lowest BCUT2D eigenvalue weighted by Crippen LogP contribution is -2.42. The van der Waals surface area contributed by atoms with Gasteiger partial charge in [-0.2, -0.15) is 0 Å². The highest BCUT2D eigenvalue weighted by atomic mass is 15.1. The van der Waals surface area contributed by atoms with Crippen LogP contribution in [0.4, 0.5) is 0 Å². The molecule has 3 rings (SSSR count). The Morgan fingerprint density at radius 3 is 2.32 bits per heavy atom. The Morgan fingerprint density at radius 1 is 1.05 bits per heavy atom. The van der Waals surface area contributed by atoms with Crippen LogP contribution in [0.2, 0.25) is 0 Å². The van der Waals surface area contributed by atoms with Gasteiger partial charge >= 0.3 is 0 Å². The number of hydrogen-bond donors (Lipinski definition) is 1. The molecule has 2 heteroatoms. The average Bonchev–Trinajstić information content (AvgIpc) is 3.00. The van der Waals surface area contributed by atoms with Crippen molar-refractivity contribution >= 4 is 0 Å². The van der Waals surface area contributed by atoms with Crippen molar-refractivity contribution in [3.8, 4) is 0 Å². The SMILES string of the molecule is CN(CC1CC2CCC1C2)CC1CCC(C)(C)C1N. The Bertz CT molecular complexity index is 325. The van der Waals surface area contributed by atoms with Crippen molar-refractivity contribution in [3.63, 3.8) is 0 Å². The van der Waals surface area contributed by atoms with Gasteiger partial charge in [0.15, 0.2) is 0 Å². The Labute approximate surface area is 119 Å². The number of rotatable bonds is 4. The molecule has 5 unspecified atom stereocenters. The van der Waals surface area contributed by atoms with E-state index in [1.165, 1.54) is 51.6 Å². The first-order valence-electron chi connectivity index (χ1n) is 8.40. The van der Waals surface area contributed by atoms with E-state index in [0.717, 1.165) is 23.7 Å². The topological polar surface area (TPSA) is 29.3 Å². The first-order chi connectivity index (χ1) is 8.95. The fraction of sp³-hybridized carbons (Fsp3) is 1.00. The van der Waals surface area contributed by atoms with E-state index in [-0.39, 0.29) is 0 Å². The van der Waals surface area contributed by atoms with Gasteiger partial charge in [0.2, 0.25) is 0 Å². The van der Waals surface area contributed by atoms with E-state index in [1.54, 1.807) is 0 Å². The Hall–Kier alpha value is -0.0800. The van der Waals surface area contributed by atoms with Crippen LogP contribution < -0.4 is 5.73 Å². The van der Waals surface area contributed by atoms with Gasteiger partial charge in [0.25, 0.3) is 0 Å². The van der Waals surface area contributed by atoms with Crippen LogP contribution >= 0.6 is 0 Å².